The molecule has 3 nitrogen and oxygen atoms in total. The second kappa shape index (κ2) is 6.51. The summed E-state index contributed by atoms with van der Waals surface area (Å²) in [5.41, 5.74) is 8.71. The molecule has 0 fully saturated rings. The van der Waals surface area contributed by atoms with Crippen LogP contribution in [0.3, 0.4) is 0 Å². The Balaban J connectivity index is 0.00000225. The Bertz CT molecular complexity index is 364. The molecule has 1 aromatic carbocycles. The quantitative estimate of drug-likeness (QED) is 0.855. The summed E-state index contributed by atoms with van der Waals surface area (Å²) in [7, 11) is 0. The topological polar surface area (TPSA) is 55.1 Å². The Morgan fingerprint density at radius 2 is 2.06 bits per heavy atom. The second-order valence-electron chi connectivity index (χ2n) is 3.98. The van der Waals surface area contributed by atoms with Gasteiger partial charge in [-0.15, -0.1) is 12.4 Å². The minimum Gasteiger partial charge on any atom is -0.327 e. The fourth-order valence-corrected chi connectivity index (χ4v) is 1.38. The van der Waals surface area contributed by atoms with E-state index < -0.39 is 0 Å². The van der Waals surface area contributed by atoms with Gasteiger partial charge in [0.2, 0.25) is 5.91 Å². The Morgan fingerprint density at radius 3 is 2.62 bits per heavy atom. The molecule has 0 aliphatic rings. The van der Waals surface area contributed by atoms with Crippen molar-refractivity contribution in [2.45, 2.75) is 33.2 Å². The molecule has 90 valence electrons. The number of amides is 1. The van der Waals surface area contributed by atoms with E-state index in [0.29, 0.717) is 6.42 Å². The Morgan fingerprint density at radius 1 is 1.44 bits per heavy atom. The summed E-state index contributed by atoms with van der Waals surface area (Å²) in [4.78, 5) is 11.5. The first-order chi connectivity index (χ1) is 7.00. The van der Waals surface area contributed by atoms with Gasteiger partial charge in [-0.3, -0.25) is 4.79 Å². The maximum atomic E-state index is 11.5. The molecule has 0 saturated carbocycles. The third-order valence-corrected chi connectivity index (χ3v) is 2.39. The minimum absolute atomic E-state index is 0. The van der Waals surface area contributed by atoms with Crippen LogP contribution >= 0.6 is 12.4 Å². The standard InChI is InChI=1S/C12H18N2O.ClH/c1-8-5-4-6-11(10(8)3)14-12(15)7-9(2)13;/h4-6,9H,7,13H2,1-3H3,(H,14,15);1H. The summed E-state index contributed by atoms with van der Waals surface area (Å²) in [6, 6.07) is 5.76. The smallest absolute Gasteiger partial charge is 0.225 e. The summed E-state index contributed by atoms with van der Waals surface area (Å²) >= 11 is 0. The van der Waals surface area contributed by atoms with Crippen molar-refractivity contribution < 1.29 is 4.79 Å². The van der Waals surface area contributed by atoms with Crippen molar-refractivity contribution in [2.24, 2.45) is 5.73 Å². The highest BCUT2D eigenvalue weighted by Crippen LogP contribution is 2.18. The van der Waals surface area contributed by atoms with Gasteiger partial charge in [-0.25, -0.2) is 0 Å². The Hall–Kier alpha value is -1.06. The van der Waals surface area contributed by atoms with Gasteiger partial charge in [-0.1, -0.05) is 12.1 Å². The third kappa shape index (κ3) is 4.21. The minimum atomic E-state index is -0.102. The van der Waals surface area contributed by atoms with E-state index in [1.54, 1.807) is 0 Å². The van der Waals surface area contributed by atoms with Crippen molar-refractivity contribution in [3.8, 4) is 0 Å². The van der Waals surface area contributed by atoms with Crippen LogP contribution in [0.2, 0.25) is 0 Å². The number of aryl methyl sites for hydroxylation is 1. The van der Waals surface area contributed by atoms with E-state index in [0.717, 1.165) is 11.3 Å². The number of carbonyl (C=O) groups excluding carboxylic acids is 1. The molecule has 3 N–H and O–H groups in total. The zero-order valence-corrected chi connectivity index (χ0v) is 10.7. The molecular formula is C12H19ClN2O. The van der Waals surface area contributed by atoms with E-state index in [1.807, 2.05) is 39.0 Å². The summed E-state index contributed by atoms with van der Waals surface area (Å²) in [6.45, 7) is 5.84. The van der Waals surface area contributed by atoms with Gasteiger partial charge >= 0.3 is 0 Å². The number of halogens is 1. The molecule has 1 atom stereocenters. The van der Waals surface area contributed by atoms with Crippen molar-refractivity contribution in [3.05, 3.63) is 29.3 Å². The molecule has 0 aromatic heterocycles. The van der Waals surface area contributed by atoms with E-state index in [1.165, 1.54) is 5.56 Å². The van der Waals surface area contributed by atoms with Crippen LogP contribution < -0.4 is 11.1 Å². The van der Waals surface area contributed by atoms with Crippen molar-refractivity contribution in [2.75, 3.05) is 5.32 Å². The number of nitrogens with two attached hydrogens (primary N) is 1. The van der Waals surface area contributed by atoms with Crippen molar-refractivity contribution >= 4 is 24.0 Å². The lowest BCUT2D eigenvalue weighted by Gasteiger charge is -2.11. The molecule has 1 aromatic rings. The lowest BCUT2D eigenvalue weighted by molar-refractivity contribution is -0.116. The zero-order valence-electron chi connectivity index (χ0n) is 9.91. The lowest BCUT2D eigenvalue weighted by Crippen LogP contribution is -2.24. The number of hydrogen-bond acceptors (Lipinski definition) is 2. The molecule has 0 heterocycles. The number of rotatable bonds is 3. The molecule has 1 unspecified atom stereocenters. The fraction of sp³-hybridized carbons (Fsp3) is 0.417. The highest BCUT2D eigenvalue weighted by atomic mass is 35.5. The number of carbonyl (C=O) groups is 1. The fourth-order valence-electron chi connectivity index (χ4n) is 1.38. The molecule has 0 saturated heterocycles. The van der Waals surface area contributed by atoms with E-state index in [9.17, 15) is 4.79 Å². The van der Waals surface area contributed by atoms with Crippen LogP contribution in [0.1, 0.15) is 24.5 Å². The molecule has 0 bridgehead atoms. The van der Waals surface area contributed by atoms with Crippen LogP contribution in [0.5, 0.6) is 0 Å². The SMILES string of the molecule is Cc1cccc(NC(=O)CC(C)N)c1C.Cl. The lowest BCUT2D eigenvalue weighted by atomic mass is 10.1. The maximum Gasteiger partial charge on any atom is 0.225 e. The van der Waals surface area contributed by atoms with Gasteiger partial charge in [-0.2, -0.15) is 0 Å². The van der Waals surface area contributed by atoms with Crippen molar-refractivity contribution in [1.82, 2.24) is 0 Å². The average molecular weight is 243 g/mol. The molecule has 1 rings (SSSR count). The van der Waals surface area contributed by atoms with E-state index >= 15 is 0 Å². The van der Waals surface area contributed by atoms with Gasteiger partial charge in [-0.05, 0) is 38.0 Å². The summed E-state index contributed by atoms with van der Waals surface area (Å²) in [5.74, 6) is -0.0290. The normalized spacial score (nSPS) is 11.5. The van der Waals surface area contributed by atoms with Crippen molar-refractivity contribution in [3.63, 3.8) is 0 Å². The number of nitrogens with one attached hydrogen (secondary N) is 1. The molecule has 4 heteroatoms. The van der Waals surface area contributed by atoms with Gasteiger partial charge in [0.15, 0.2) is 0 Å². The first-order valence-electron chi connectivity index (χ1n) is 5.12. The summed E-state index contributed by atoms with van der Waals surface area (Å²) < 4.78 is 0. The number of benzene rings is 1. The Labute approximate surface area is 103 Å². The molecule has 0 spiro atoms. The summed E-state index contributed by atoms with van der Waals surface area (Å²) in [5, 5.41) is 2.86. The molecule has 16 heavy (non-hydrogen) atoms. The van der Waals surface area contributed by atoms with Crippen LogP contribution in [0.25, 0.3) is 0 Å². The second-order valence-corrected chi connectivity index (χ2v) is 3.98. The molecule has 0 aliphatic heterocycles. The van der Waals surface area contributed by atoms with Gasteiger partial charge in [0.1, 0.15) is 0 Å². The van der Waals surface area contributed by atoms with E-state index in [2.05, 4.69) is 5.32 Å². The monoisotopic (exact) mass is 242 g/mol. The van der Waals surface area contributed by atoms with Crippen LogP contribution in [0, 0.1) is 13.8 Å². The molecular weight excluding hydrogens is 224 g/mol. The number of hydrogen-bond donors (Lipinski definition) is 2. The predicted molar refractivity (Wildman–Crippen MR) is 70.1 cm³/mol. The average Bonchev–Trinajstić information content (AvgIpc) is 2.11. The zero-order chi connectivity index (χ0) is 11.4. The maximum absolute atomic E-state index is 11.5. The first-order valence-corrected chi connectivity index (χ1v) is 5.12. The van der Waals surface area contributed by atoms with Crippen LogP contribution in [-0.4, -0.2) is 11.9 Å². The first kappa shape index (κ1) is 14.9. The molecule has 0 radical (unpaired) electrons. The Kier molecular flexibility index (Phi) is 6.08. The van der Waals surface area contributed by atoms with Crippen LogP contribution in [0.15, 0.2) is 18.2 Å². The van der Waals surface area contributed by atoms with Gasteiger partial charge in [0.25, 0.3) is 0 Å². The highest BCUT2D eigenvalue weighted by Gasteiger charge is 2.07. The summed E-state index contributed by atoms with van der Waals surface area (Å²) in [6.07, 6.45) is 0.355. The predicted octanol–water partition coefficient (Wildman–Crippen LogP) is 2.40. The van der Waals surface area contributed by atoms with Gasteiger partial charge in [0.05, 0.1) is 0 Å². The van der Waals surface area contributed by atoms with E-state index in [-0.39, 0.29) is 24.4 Å². The largest absolute Gasteiger partial charge is 0.327 e. The van der Waals surface area contributed by atoms with Crippen LogP contribution in [0.4, 0.5) is 5.69 Å². The molecule has 1 amide bonds. The van der Waals surface area contributed by atoms with Gasteiger partial charge < -0.3 is 11.1 Å². The molecule has 0 aliphatic carbocycles. The number of anilines is 1. The highest BCUT2D eigenvalue weighted by molar-refractivity contribution is 5.91. The van der Waals surface area contributed by atoms with Crippen molar-refractivity contribution in [1.29, 1.82) is 0 Å². The third-order valence-electron chi connectivity index (χ3n) is 2.39. The van der Waals surface area contributed by atoms with Gasteiger partial charge in [0, 0.05) is 18.2 Å². The van der Waals surface area contributed by atoms with E-state index in [4.69, 9.17) is 5.73 Å². The van der Waals surface area contributed by atoms with Crippen LogP contribution in [-0.2, 0) is 4.79 Å².